The first-order valence-electron chi connectivity index (χ1n) is 9.59. The van der Waals surface area contributed by atoms with Crippen molar-refractivity contribution in [1.29, 1.82) is 0 Å². The number of carbonyl (C=O) groups excluding carboxylic acids is 1. The molecule has 0 radical (unpaired) electrons. The van der Waals surface area contributed by atoms with Crippen molar-refractivity contribution in [3.63, 3.8) is 0 Å². The Labute approximate surface area is 182 Å². The number of carbonyl (C=O) groups is 1. The molecule has 3 heterocycles. The number of H-pyrrole nitrogens is 1. The van der Waals surface area contributed by atoms with E-state index in [1.54, 1.807) is 16.7 Å². The third-order valence-corrected chi connectivity index (χ3v) is 5.85. The van der Waals surface area contributed by atoms with Gasteiger partial charge in [-0.1, -0.05) is 0 Å². The summed E-state index contributed by atoms with van der Waals surface area (Å²) in [6.45, 7) is 6.55. The number of nitrogens with one attached hydrogen (secondary N) is 2. The molecule has 1 amide bonds. The van der Waals surface area contributed by atoms with E-state index in [0.717, 1.165) is 18.8 Å². The molecular formula is C20H22FN5O2S2. The Morgan fingerprint density at radius 2 is 2.03 bits per heavy atom. The van der Waals surface area contributed by atoms with Crippen LogP contribution < -0.4 is 5.32 Å². The van der Waals surface area contributed by atoms with Crippen LogP contribution in [0.4, 0.5) is 9.52 Å². The number of thiazole rings is 1. The molecule has 1 saturated heterocycles. The Morgan fingerprint density at radius 3 is 2.73 bits per heavy atom. The zero-order valence-electron chi connectivity index (χ0n) is 16.6. The van der Waals surface area contributed by atoms with Crippen LogP contribution in [0.5, 0.6) is 0 Å². The predicted molar refractivity (Wildman–Crippen MR) is 116 cm³/mol. The molecule has 158 valence electrons. The largest absolute Gasteiger partial charge is 0.373 e. The molecule has 3 aromatic rings. The molecule has 1 aliphatic rings. The standard InChI is InChI=1S/C20H22FN5O2S2/c1-12-8-25(9-13(2)28-12)10-15-11-30-19(23-15)24-18(27)17-7-22-20(29)26(17)16-5-3-14(21)4-6-16/h3-7,11-13H,8-10H2,1-2H3,(H,22,29)(H,23,24,27). The van der Waals surface area contributed by atoms with Gasteiger partial charge in [0.05, 0.1) is 17.9 Å². The molecule has 1 fully saturated rings. The highest BCUT2D eigenvalue weighted by Gasteiger charge is 2.23. The van der Waals surface area contributed by atoms with Gasteiger partial charge in [0.1, 0.15) is 11.5 Å². The molecule has 1 aliphatic heterocycles. The molecule has 0 aliphatic carbocycles. The minimum absolute atomic E-state index is 0.189. The van der Waals surface area contributed by atoms with E-state index in [1.807, 2.05) is 5.38 Å². The maximum atomic E-state index is 13.2. The van der Waals surface area contributed by atoms with Gasteiger partial charge in [-0.3, -0.25) is 19.6 Å². The highest BCUT2D eigenvalue weighted by Crippen LogP contribution is 2.21. The molecule has 2 unspecified atom stereocenters. The monoisotopic (exact) mass is 447 g/mol. The van der Waals surface area contributed by atoms with Gasteiger partial charge >= 0.3 is 0 Å². The summed E-state index contributed by atoms with van der Waals surface area (Å²) in [7, 11) is 0. The lowest BCUT2D eigenvalue weighted by Gasteiger charge is -2.34. The second-order valence-electron chi connectivity index (χ2n) is 7.34. The van der Waals surface area contributed by atoms with Crippen LogP contribution in [-0.4, -0.2) is 50.6 Å². The summed E-state index contributed by atoms with van der Waals surface area (Å²) in [5, 5.41) is 5.30. The third kappa shape index (κ3) is 4.67. The summed E-state index contributed by atoms with van der Waals surface area (Å²) in [4.78, 5) is 22.6. The van der Waals surface area contributed by atoms with E-state index in [2.05, 4.69) is 34.0 Å². The van der Waals surface area contributed by atoms with E-state index in [9.17, 15) is 9.18 Å². The molecule has 2 atom stereocenters. The SMILES string of the molecule is CC1CN(Cc2csc(NC(=O)c3c[nH]c(=S)n3-c3ccc(F)cc3)n2)CC(C)O1. The minimum Gasteiger partial charge on any atom is -0.373 e. The van der Waals surface area contributed by atoms with Gasteiger partial charge in [-0.2, -0.15) is 0 Å². The van der Waals surface area contributed by atoms with Crippen LogP contribution in [0.2, 0.25) is 0 Å². The van der Waals surface area contributed by atoms with Gasteiger partial charge in [0.15, 0.2) is 9.90 Å². The maximum absolute atomic E-state index is 13.2. The van der Waals surface area contributed by atoms with Gasteiger partial charge < -0.3 is 9.72 Å². The van der Waals surface area contributed by atoms with Crippen molar-refractivity contribution in [3.8, 4) is 5.69 Å². The summed E-state index contributed by atoms with van der Waals surface area (Å²) < 4.78 is 20.9. The normalized spacial score (nSPS) is 19.7. The maximum Gasteiger partial charge on any atom is 0.276 e. The average Bonchev–Trinajstić information content (AvgIpc) is 3.28. The molecule has 10 heteroatoms. The Hall–Kier alpha value is -2.40. The number of hydrogen-bond acceptors (Lipinski definition) is 6. The smallest absolute Gasteiger partial charge is 0.276 e. The highest BCUT2D eigenvalue weighted by atomic mass is 32.1. The molecule has 30 heavy (non-hydrogen) atoms. The first kappa shape index (κ1) is 20.9. The number of halogens is 1. The van der Waals surface area contributed by atoms with Crippen molar-refractivity contribution < 1.29 is 13.9 Å². The Kier molecular flexibility index (Phi) is 6.09. The van der Waals surface area contributed by atoms with Gasteiger partial charge in [0.25, 0.3) is 5.91 Å². The lowest BCUT2D eigenvalue weighted by molar-refractivity contribution is -0.0707. The van der Waals surface area contributed by atoms with Crippen LogP contribution in [0, 0.1) is 10.6 Å². The Morgan fingerprint density at radius 1 is 1.33 bits per heavy atom. The molecule has 0 saturated carbocycles. The van der Waals surface area contributed by atoms with Gasteiger partial charge in [0, 0.05) is 36.9 Å². The van der Waals surface area contributed by atoms with Gasteiger partial charge in [0.2, 0.25) is 0 Å². The van der Waals surface area contributed by atoms with Gasteiger partial charge in [-0.15, -0.1) is 11.3 Å². The number of amides is 1. The summed E-state index contributed by atoms with van der Waals surface area (Å²) in [6.07, 6.45) is 1.91. The van der Waals surface area contributed by atoms with Crippen molar-refractivity contribution in [1.82, 2.24) is 19.4 Å². The zero-order chi connectivity index (χ0) is 21.3. The molecule has 2 N–H and O–H groups in total. The molecule has 0 bridgehead atoms. The van der Waals surface area contributed by atoms with E-state index >= 15 is 0 Å². The Bertz CT molecular complexity index is 1080. The average molecular weight is 448 g/mol. The number of aromatic amines is 1. The second-order valence-corrected chi connectivity index (χ2v) is 8.59. The van der Waals surface area contributed by atoms with E-state index < -0.39 is 0 Å². The van der Waals surface area contributed by atoms with Gasteiger partial charge in [-0.05, 0) is 50.3 Å². The number of imidazole rings is 1. The number of aromatic nitrogens is 3. The molecule has 1 aromatic carbocycles. The Balaban J connectivity index is 1.47. The quantitative estimate of drug-likeness (QED) is 0.579. The number of morpholine rings is 1. The number of hydrogen-bond donors (Lipinski definition) is 2. The summed E-state index contributed by atoms with van der Waals surface area (Å²) in [5.41, 5.74) is 1.82. The topological polar surface area (TPSA) is 75.2 Å². The number of nitrogens with zero attached hydrogens (tertiary/aromatic N) is 3. The molecular weight excluding hydrogens is 425 g/mol. The summed E-state index contributed by atoms with van der Waals surface area (Å²) in [6, 6.07) is 5.79. The van der Waals surface area contributed by atoms with Crippen LogP contribution in [0.3, 0.4) is 0 Å². The minimum atomic E-state index is -0.355. The van der Waals surface area contributed by atoms with Crippen LogP contribution in [0.15, 0.2) is 35.8 Å². The fourth-order valence-electron chi connectivity index (χ4n) is 3.62. The third-order valence-electron chi connectivity index (χ3n) is 4.75. The zero-order valence-corrected chi connectivity index (χ0v) is 18.2. The number of anilines is 1. The van der Waals surface area contributed by atoms with Crippen LogP contribution in [0.25, 0.3) is 5.69 Å². The molecule has 4 rings (SSSR count). The first-order valence-corrected chi connectivity index (χ1v) is 10.9. The van der Waals surface area contributed by atoms with E-state index in [4.69, 9.17) is 17.0 Å². The van der Waals surface area contributed by atoms with E-state index in [1.165, 1.54) is 29.7 Å². The lowest BCUT2D eigenvalue weighted by atomic mass is 10.2. The van der Waals surface area contributed by atoms with E-state index in [0.29, 0.717) is 27.8 Å². The summed E-state index contributed by atoms with van der Waals surface area (Å²) >= 11 is 6.67. The lowest BCUT2D eigenvalue weighted by Crippen LogP contribution is -2.44. The van der Waals surface area contributed by atoms with Crippen molar-refractivity contribution >= 4 is 34.6 Å². The van der Waals surface area contributed by atoms with Crippen molar-refractivity contribution in [2.24, 2.45) is 0 Å². The van der Waals surface area contributed by atoms with Crippen molar-refractivity contribution in [2.75, 3.05) is 18.4 Å². The summed E-state index contributed by atoms with van der Waals surface area (Å²) in [5.74, 6) is -0.702. The predicted octanol–water partition coefficient (Wildman–Crippen LogP) is 3.99. The van der Waals surface area contributed by atoms with Crippen molar-refractivity contribution in [3.05, 3.63) is 57.8 Å². The highest BCUT2D eigenvalue weighted by molar-refractivity contribution is 7.71. The van der Waals surface area contributed by atoms with Crippen LogP contribution >= 0.6 is 23.6 Å². The fourth-order valence-corrected chi connectivity index (χ4v) is 4.58. The second kappa shape index (κ2) is 8.76. The first-order chi connectivity index (χ1) is 14.4. The van der Waals surface area contributed by atoms with Crippen molar-refractivity contribution in [2.45, 2.75) is 32.6 Å². The van der Waals surface area contributed by atoms with Crippen LogP contribution in [0.1, 0.15) is 30.0 Å². The van der Waals surface area contributed by atoms with Crippen LogP contribution in [-0.2, 0) is 11.3 Å². The molecule has 7 nitrogen and oxygen atoms in total. The molecule has 0 spiro atoms. The number of benzene rings is 1. The van der Waals surface area contributed by atoms with E-state index in [-0.39, 0.29) is 23.9 Å². The number of rotatable bonds is 5. The molecule has 2 aromatic heterocycles. The number of ether oxygens (including phenoxy) is 1. The fraction of sp³-hybridized carbons (Fsp3) is 0.350. The van der Waals surface area contributed by atoms with Gasteiger partial charge in [-0.25, -0.2) is 9.37 Å².